The molecule has 4 aromatic carbocycles. The third-order valence-electron chi connectivity index (χ3n) is 21.4. The van der Waals surface area contributed by atoms with Gasteiger partial charge in [0.05, 0.1) is 11.8 Å². The summed E-state index contributed by atoms with van der Waals surface area (Å²) in [7, 11) is 8.67. The summed E-state index contributed by atoms with van der Waals surface area (Å²) in [6, 6.07) is 26.5. The van der Waals surface area contributed by atoms with Gasteiger partial charge in [-0.1, -0.05) is 81.3 Å². The van der Waals surface area contributed by atoms with Crippen molar-refractivity contribution in [2.24, 2.45) is 11.8 Å². The molecule has 21 nitrogen and oxygen atoms in total. The molecule has 0 saturated carbocycles. The van der Waals surface area contributed by atoms with Crippen LogP contribution < -0.4 is 26.6 Å². The second-order valence-corrected chi connectivity index (χ2v) is 33.8. The van der Waals surface area contributed by atoms with Gasteiger partial charge in [-0.3, -0.25) is 14.4 Å². The number of alkyl carbamates (subject to hydrolysis) is 1. The number of halogens is 3. The highest BCUT2D eigenvalue weighted by Gasteiger charge is 2.33. The molecule has 14 rings (SSSR count). The van der Waals surface area contributed by atoms with E-state index in [-0.39, 0.29) is 42.3 Å². The summed E-state index contributed by atoms with van der Waals surface area (Å²) in [4.78, 5) is 72.6. The Morgan fingerprint density at radius 1 is 0.509 bits per heavy atom. The van der Waals surface area contributed by atoms with Gasteiger partial charge in [0.1, 0.15) is 18.8 Å². The van der Waals surface area contributed by atoms with Crippen LogP contribution in [0.2, 0.25) is 0 Å². The van der Waals surface area contributed by atoms with Gasteiger partial charge in [0, 0.05) is 210 Å². The highest BCUT2D eigenvalue weighted by molar-refractivity contribution is 6.67. The van der Waals surface area contributed by atoms with Crippen molar-refractivity contribution in [1.82, 2.24) is 69.4 Å². The molecule has 0 aliphatic carbocycles. The smallest absolute Gasteiger partial charge is 0.410 e. The van der Waals surface area contributed by atoms with Gasteiger partial charge in [0.25, 0.3) is 0 Å². The number of aromatic nitrogens is 4. The number of benzene rings is 4. The molecule has 5 amide bonds. The van der Waals surface area contributed by atoms with Crippen LogP contribution in [-0.4, -0.2) is 195 Å². The van der Waals surface area contributed by atoms with Gasteiger partial charge < -0.3 is 78.8 Å². The molecule has 24 heteroatoms. The number of likely N-dealkylation sites (N-methyl/N-ethyl adjacent to an activating group) is 5. The second-order valence-electron chi connectivity index (χ2n) is 31.2. The van der Waals surface area contributed by atoms with Gasteiger partial charge in [-0.15, -0.1) is 0 Å². The Morgan fingerprint density at radius 2 is 0.896 bits per heavy atom. The van der Waals surface area contributed by atoms with Crippen LogP contribution in [0.4, 0.5) is 9.59 Å². The zero-order chi connectivity index (χ0) is 75.7. The number of carbonyl (C=O) groups is 5. The molecule has 8 aromatic rings. The normalized spacial score (nSPS) is 17.9. The number of carbonyl (C=O) groups excluding carboxylic acids is 5. The van der Waals surface area contributed by atoms with Crippen LogP contribution in [0.25, 0.3) is 43.6 Å². The highest BCUT2D eigenvalue weighted by atomic mass is 35.6. The summed E-state index contributed by atoms with van der Waals surface area (Å²) < 4.78 is 18.1. The van der Waals surface area contributed by atoms with E-state index in [0.717, 1.165) is 130 Å². The number of piperidine rings is 2. The maximum absolute atomic E-state index is 12.9. The Kier molecular flexibility index (Phi) is 26.6. The average Bonchev–Trinajstić information content (AvgIpc) is 1.64. The standard InChI is InChI=1S/C26H38N4O3.C21H30N4O.C18H22Cl3N3O2.C17H23N3O/c1-18-8-9-22-20(15-18)21-17-28(5)13-10-23(21)30(22)14-11-27-24(31)19-7-6-12-29(16-19)25(32)33-26(2,3)4;1-15-5-6-19-17(12-15)18-14-24(2)10-7-20(18)25(19)11-9-23-21(26)16-4-3-8-22-13-16;1-12-3-4-15-13(9-12)14-10-23(2)7-5-16(14)24(15)8-6-22-17(25)26-11-18(19,20)21;1-4-18-17(21)11-20-15-6-5-12(2)9-13(15)14-10-19(3)8-7-16(14)20/h8-9,15,19H,6-7,10-14,16-17H2,1-5H3,(H,27,31);5-6,12,16,22H,3-4,7-11,13-14H2,1-2H3,(H,23,26);3-4,9H,5-8,10-11H2,1-2H3,(H,22,25);5-6,9H,4,7-8,10-11H2,1-3H3,(H,18,21). The predicted octanol–water partition coefficient (Wildman–Crippen LogP) is 11.9. The molecular formula is C82H113Cl3N14O7. The molecule has 6 aliphatic heterocycles. The van der Waals surface area contributed by atoms with Crippen molar-refractivity contribution in [2.75, 3.05) is 113 Å². The number of hydrogen-bond acceptors (Lipinski definition) is 12. The van der Waals surface area contributed by atoms with Gasteiger partial charge in [-0.05, 0) is 187 Å². The highest BCUT2D eigenvalue weighted by Crippen LogP contribution is 2.36. The Hall–Kier alpha value is -7.34. The van der Waals surface area contributed by atoms with Crippen LogP contribution in [0.3, 0.4) is 0 Å². The molecule has 5 N–H and O–H groups in total. The van der Waals surface area contributed by atoms with Crippen LogP contribution in [0, 0.1) is 39.5 Å². The van der Waals surface area contributed by atoms with Gasteiger partial charge >= 0.3 is 12.2 Å². The predicted molar refractivity (Wildman–Crippen MR) is 427 cm³/mol. The van der Waals surface area contributed by atoms with Crippen LogP contribution in [0.5, 0.6) is 0 Å². The monoisotopic (exact) mass is 1510 g/mol. The lowest BCUT2D eigenvalue weighted by Gasteiger charge is -2.33. The van der Waals surface area contributed by atoms with E-state index in [4.69, 9.17) is 44.3 Å². The summed E-state index contributed by atoms with van der Waals surface area (Å²) in [5.74, 6) is 0.284. The number of fused-ring (bicyclic) bond motifs is 12. The van der Waals surface area contributed by atoms with Crippen molar-refractivity contribution in [3.63, 3.8) is 0 Å². The van der Waals surface area contributed by atoms with Crippen molar-refractivity contribution in [3.8, 4) is 0 Å². The number of hydrogen-bond donors (Lipinski definition) is 5. The van der Waals surface area contributed by atoms with Crippen LogP contribution in [0.1, 0.15) is 121 Å². The van der Waals surface area contributed by atoms with E-state index >= 15 is 0 Å². The summed E-state index contributed by atoms with van der Waals surface area (Å²) >= 11 is 16.7. The van der Waals surface area contributed by atoms with Gasteiger partial charge in [-0.25, -0.2) is 9.59 Å². The molecular weight excluding hydrogens is 1400 g/mol. The summed E-state index contributed by atoms with van der Waals surface area (Å²) in [5, 5.41) is 20.6. The van der Waals surface area contributed by atoms with E-state index in [1.165, 1.54) is 111 Å². The maximum atomic E-state index is 12.9. The second kappa shape index (κ2) is 35.4. The molecule has 0 radical (unpaired) electrons. The summed E-state index contributed by atoms with van der Waals surface area (Å²) in [6.07, 6.45) is 6.94. The van der Waals surface area contributed by atoms with E-state index in [9.17, 15) is 24.0 Å². The zero-order valence-electron chi connectivity index (χ0n) is 64.6. The molecule has 2 unspecified atom stereocenters. The van der Waals surface area contributed by atoms with E-state index in [1.807, 2.05) is 27.7 Å². The van der Waals surface area contributed by atoms with Crippen LogP contribution in [0.15, 0.2) is 72.8 Å². The first-order chi connectivity index (χ1) is 50.6. The number of ether oxygens (including phenoxy) is 2. The first-order valence-electron chi connectivity index (χ1n) is 38.2. The largest absolute Gasteiger partial charge is 0.445 e. The Labute approximate surface area is 641 Å². The number of alkyl halides is 3. The minimum absolute atomic E-state index is 0.0316. The third kappa shape index (κ3) is 19.9. The Bertz CT molecular complexity index is 4460. The van der Waals surface area contributed by atoms with Crippen LogP contribution in [-0.2, 0) is 102 Å². The molecule has 2 saturated heterocycles. The average molecular weight is 1510 g/mol. The third-order valence-corrected chi connectivity index (χ3v) is 21.8. The molecule has 574 valence electrons. The van der Waals surface area contributed by atoms with E-state index in [0.29, 0.717) is 52.4 Å². The van der Waals surface area contributed by atoms with Gasteiger partial charge in [0.2, 0.25) is 21.5 Å². The SMILES string of the molecule is CCNC(=O)Cn1c2c(c3cc(C)ccc31)CN(C)CC2.Cc1ccc2c(c1)c1c(n2CCNC(=O)C2CCCN(C(=O)OC(C)(C)C)C2)CCN(C)C1.Cc1ccc2c(c1)c1c(n2CCNC(=O)C2CCCNC2)CCN(C)C1.Cc1ccc2c(c1)c1c(n2CCNC(=O)OCC(Cl)(Cl)Cl)CCN(C)C1. The Balaban J connectivity index is 0.000000143. The fourth-order valence-corrected chi connectivity index (χ4v) is 16.4. The lowest BCUT2D eigenvalue weighted by Crippen LogP contribution is -2.47. The molecule has 2 fully saturated rings. The number of nitrogens with one attached hydrogen (secondary N) is 5. The number of rotatable bonds is 15. The molecule has 0 bridgehead atoms. The molecule has 106 heavy (non-hydrogen) atoms. The van der Waals surface area contributed by atoms with Gasteiger partial charge in [-0.2, -0.15) is 0 Å². The topological polar surface area (TPSA) is 200 Å². The molecule has 0 spiro atoms. The van der Waals surface area contributed by atoms with E-state index in [2.05, 4.69) is 193 Å². The molecule has 10 heterocycles. The minimum atomic E-state index is -1.60. The van der Waals surface area contributed by atoms with Crippen molar-refractivity contribution in [3.05, 3.63) is 140 Å². The fraction of sp³-hybridized carbons (Fsp3) is 0.549. The summed E-state index contributed by atoms with van der Waals surface area (Å²) in [5.41, 5.74) is 20.7. The summed E-state index contributed by atoms with van der Waals surface area (Å²) in [6.45, 7) is 32.0. The quantitative estimate of drug-likeness (QED) is 0.0609. The Morgan fingerprint density at radius 3 is 1.28 bits per heavy atom. The number of likely N-dealkylation sites (tertiary alicyclic amines) is 1. The fourth-order valence-electron chi connectivity index (χ4n) is 16.2. The van der Waals surface area contributed by atoms with Crippen molar-refractivity contribution >= 4 is 108 Å². The molecule has 2 atom stereocenters. The van der Waals surface area contributed by atoms with E-state index < -0.39 is 15.5 Å². The molecule has 4 aromatic heterocycles. The number of nitrogens with zero attached hydrogens (tertiary/aromatic N) is 9. The van der Waals surface area contributed by atoms with Crippen molar-refractivity contribution < 1.29 is 33.4 Å². The first-order valence-corrected chi connectivity index (χ1v) is 39.4. The van der Waals surface area contributed by atoms with Crippen molar-refractivity contribution in [2.45, 2.75) is 169 Å². The lowest BCUT2D eigenvalue weighted by atomic mass is 9.97. The molecule has 6 aliphatic rings. The van der Waals surface area contributed by atoms with E-state index in [1.54, 1.807) is 4.90 Å². The lowest BCUT2D eigenvalue weighted by molar-refractivity contribution is -0.127. The zero-order valence-corrected chi connectivity index (χ0v) is 66.9. The number of amides is 5. The van der Waals surface area contributed by atoms with Gasteiger partial charge in [0.15, 0.2) is 0 Å². The number of aryl methyl sites for hydroxylation is 4. The minimum Gasteiger partial charge on any atom is -0.445 e. The first kappa shape index (κ1) is 79.7. The maximum Gasteiger partial charge on any atom is 0.410 e. The van der Waals surface area contributed by atoms with Crippen molar-refractivity contribution in [1.29, 1.82) is 0 Å². The van der Waals surface area contributed by atoms with Crippen LogP contribution >= 0.6 is 34.8 Å².